The van der Waals surface area contributed by atoms with Crippen LogP contribution in [0.5, 0.6) is 11.5 Å². The highest BCUT2D eigenvalue weighted by Crippen LogP contribution is 2.26. The molecule has 0 fully saturated rings. The molecule has 0 aromatic heterocycles. The maximum absolute atomic E-state index is 12.2. The second-order valence-electron chi connectivity index (χ2n) is 5.67. The van der Waals surface area contributed by atoms with Crippen molar-refractivity contribution in [2.75, 3.05) is 13.7 Å². The quantitative estimate of drug-likeness (QED) is 0.469. The number of hydrogen-bond donors (Lipinski definition) is 0. The summed E-state index contributed by atoms with van der Waals surface area (Å²) in [6.45, 7) is -0.161. The van der Waals surface area contributed by atoms with Crippen LogP contribution >= 0.6 is 0 Å². The highest BCUT2D eigenvalue weighted by molar-refractivity contribution is 5.73. The van der Waals surface area contributed by atoms with E-state index >= 15 is 0 Å². The van der Waals surface area contributed by atoms with E-state index in [1.165, 1.54) is 0 Å². The van der Waals surface area contributed by atoms with Gasteiger partial charge in [-0.2, -0.15) is 0 Å². The normalized spacial score (nSPS) is 10.5. The van der Waals surface area contributed by atoms with Crippen LogP contribution < -0.4 is 9.47 Å². The van der Waals surface area contributed by atoms with Crippen LogP contribution in [0.2, 0.25) is 0 Å². The lowest BCUT2D eigenvalue weighted by molar-refractivity contribution is -0.140. The van der Waals surface area contributed by atoms with E-state index in [-0.39, 0.29) is 12.7 Å². The summed E-state index contributed by atoms with van der Waals surface area (Å²) in [5, 5.41) is 0. The second-order valence-corrected chi connectivity index (χ2v) is 5.67. The van der Waals surface area contributed by atoms with Crippen molar-refractivity contribution in [2.24, 2.45) is 0 Å². The second kappa shape index (κ2) is 8.83. The van der Waals surface area contributed by atoms with Crippen molar-refractivity contribution in [3.8, 4) is 11.5 Å². The SMILES string of the molecule is COc1cccc(OC(=O)COC(c2ccccc2)c2ccccc2)c1. The molecule has 26 heavy (non-hydrogen) atoms. The molecule has 3 rings (SSSR count). The molecule has 3 aromatic rings. The van der Waals surface area contributed by atoms with Crippen molar-refractivity contribution in [1.82, 2.24) is 0 Å². The molecule has 4 nitrogen and oxygen atoms in total. The largest absolute Gasteiger partial charge is 0.497 e. The minimum Gasteiger partial charge on any atom is -0.497 e. The molecule has 0 amide bonds. The van der Waals surface area contributed by atoms with E-state index in [0.29, 0.717) is 11.5 Å². The molecule has 0 spiro atoms. The van der Waals surface area contributed by atoms with E-state index in [1.54, 1.807) is 31.4 Å². The first-order valence-corrected chi connectivity index (χ1v) is 8.32. The summed E-state index contributed by atoms with van der Waals surface area (Å²) in [6.07, 6.45) is -0.338. The Bertz CT molecular complexity index is 792. The van der Waals surface area contributed by atoms with E-state index in [0.717, 1.165) is 11.1 Å². The van der Waals surface area contributed by atoms with Gasteiger partial charge in [-0.1, -0.05) is 66.7 Å². The smallest absolute Gasteiger partial charge is 0.337 e. The van der Waals surface area contributed by atoms with Gasteiger partial charge in [0.15, 0.2) is 0 Å². The van der Waals surface area contributed by atoms with Crippen LogP contribution in [0.25, 0.3) is 0 Å². The predicted molar refractivity (Wildman–Crippen MR) is 99.3 cm³/mol. The lowest BCUT2D eigenvalue weighted by Crippen LogP contribution is -2.18. The van der Waals surface area contributed by atoms with Crippen molar-refractivity contribution in [1.29, 1.82) is 0 Å². The molecular weight excluding hydrogens is 328 g/mol. The van der Waals surface area contributed by atoms with Gasteiger partial charge in [0.25, 0.3) is 0 Å². The van der Waals surface area contributed by atoms with Gasteiger partial charge in [-0.05, 0) is 23.3 Å². The van der Waals surface area contributed by atoms with Crippen LogP contribution in [0, 0.1) is 0 Å². The average Bonchev–Trinajstić information content (AvgIpc) is 2.70. The van der Waals surface area contributed by atoms with Crippen LogP contribution in [0.1, 0.15) is 17.2 Å². The van der Waals surface area contributed by atoms with Gasteiger partial charge in [0, 0.05) is 6.07 Å². The summed E-state index contributed by atoms with van der Waals surface area (Å²) in [7, 11) is 1.56. The zero-order valence-corrected chi connectivity index (χ0v) is 14.5. The van der Waals surface area contributed by atoms with Gasteiger partial charge >= 0.3 is 5.97 Å². The fourth-order valence-electron chi connectivity index (χ4n) is 2.62. The van der Waals surface area contributed by atoms with Crippen LogP contribution in [0.15, 0.2) is 84.9 Å². The Balaban J connectivity index is 1.68. The van der Waals surface area contributed by atoms with E-state index < -0.39 is 5.97 Å². The average molecular weight is 348 g/mol. The van der Waals surface area contributed by atoms with Gasteiger partial charge in [-0.25, -0.2) is 4.79 Å². The molecule has 0 radical (unpaired) electrons. The van der Waals surface area contributed by atoms with Crippen LogP contribution in [0.3, 0.4) is 0 Å². The molecule has 3 aromatic carbocycles. The molecular formula is C22H20O4. The maximum Gasteiger partial charge on any atom is 0.337 e. The number of hydrogen-bond acceptors (Lipinski definition) is 4. The first-order valence-electron chi connectivity index (χ1n) is 8.32. The van der Waals surface area contributed by atoms with Gasteiger partial charge in [-0.3, -0.25) is 0 Å². The summed E-state index contributed by atoms with van der Waals surface area (Å²) in [6, 6.07) is 26.5. The molecule has 0 aliphatic heterocycles. The Hall–Kier alpha value is -3.11. The monoisotopic (exact) mass is 348 g/mol. The summed E-state index contributed by atoms with van der Waals surface area (Å²) in [5.74, 6) is 0.590. The van der Waals surface area contributed by atoms with Gasteiger partial charge in [0.2, 0.25) is 0 Å². The topological polar surface area (TPSA) is 44.8 Å². The first-order chi connectivity index (χ1) is 12.8. The van der Waals surface area contributed by atoms with Gasteiger partial charge in [0.05, 0.1) is 7.11 Å². The number of methoxy groups -OCH3 is 1. The van der Waals surface area contributed by atoms with Crippen molar-refractivity contribution < 1.29 is 19.0 Å². The van der Waals surface area contributed by atoms with Crippen molar-refractivity contribution in [3.05, 3.63) is 96.1 Å². The molecule has 0 bridgehead atoms. The van der Waals surface area contributed by atoms with Crippen LogP contribution in [-0.4, -0.2) is 19.7 Å². The van der Waals surface area contributed by atoms with Crippen molar-refractivity contribution in [3.63, 3.8) is 0 Å². The summed E-state index contributed by atoms with van der Waals surface area (Å²) in [5.41, 5.74) is 1.96. The first kappa shape index (κ1) is 17.7. The molecule has 132 valence electrons. The van der Waals surface area contributed by atoms with Gasteiger partial charge < -0.3 is 14.2 Å². The summed E-state index contributed by atoms with van der Waals surface area (Å²) < 4.78 is 16.4. The highest BCUT2D eigenvalue weighted by Gasteiger charge is 2.17. The minimum absolute atomic E-state index is 0.161. The van der Waals surface area contributed by atoms with E-state index in [4.69, 9.17) is 14.2 Å². The van der Waals surface area contributed by atoms with E-state index in [9.17, 15) is 4.79 Å². The fraction of sp³-hybridized carbons (Fsp3) is 0.136. The molecule has 0 aliphatic rings. The number of esters is 1. The molecule has 0 saturated heterocycles. The Morgan fingerprint density at radius 2 is 1.38 bits per heavy atom. The number of benzene rings is 3. The number of rotatable bonds is 7. The van der Waals surface area contributed by atoms with Crippen molar-refractivity contribution >= 4 is 5.97 Å². The summed E-state index contributed by atoms with van der Waals surface area (Å²) >= 11 is 0. The van der Waals surface area contributed by atoms with Crippen molar-refractivity contribution in [2.45, 2.75) is 6.10 Å². The molecule has 0 N–H and O–H groups in total. The van der Waals surface area contributed by atoms with Crippen LogP contribution in [-0.2, 0) is 9.53 Å². The third-order valence-corrected chi connectivity index (χ3v) is 3.85. The van der Waals surface area contributed by atoms with E-state index in [1.807, 2.05) is 60.7 Å². The fourth-order valence-corrected chi connectivity index (χ4v) is 2.62. The lowest BCUT2D eigenvalue weighted by Gasteiger charge is -2.18. The highest BCUT2D eigenvalue weighted by atomic mass is 16.6. The third kappa shape index (κ3) is 4.71. The predicted octanol–water partition coefficient (Wildman–Crippen LogP) is 4.41. The van der Waals surface area contributed by atoms with E-state index in [2.05, 4.69) is 0 Å². The number of ether oxygens (including phenoxy) is 3. The zero-order chi connectivity index (χ0) is 18.2. The standard InChI is InChI=1S/C22H20O4/c1-24-19-13-8-14-20(15-19)26-21(23)16-25-22(17-9-4-2-5-10-17)18-11-6-3-7-12-18/h2-15,22H,16H2,1H3. The Labute approximate surface area is 153 Å². The number of carbonyl (C=O) groups excluding carboxylic acids is 1. The Morgan fingerprint density at radius 1 is 0.808 bits per heavy atom. The molecule has 0 atom stereocenters. The zero-order valence-electron chi connectivity index (χ0n) is 14.5. The molecule has 0 saturated carbocycles. The summed E-state index contributed by atoms with van der Waals surface area (Å²) in [4.78, 5) is 12.2. The van der Waals surface area contributed by atoms with Gasteiger partial charge in [0.1, 0.15) is 24.2 Å². The Morgan fingerprint density at radius 3 is 1.96 bits per heavy atom. The Kier molecular flexibility index (Phi) is 6.01. The third-order valence-electron chi connectivity index (χ3n) is 3.85. The number of carbonyl (C=O) groups is 1. The van der Waals surface area contributed by atoms with Gasteiger partial charge in [-0.15, -0.1) is 0 Å². The molecule has 0 heterocycles. The maximum atomic E-state index is 12.2. The molecule has 0 aliphatic carbocycles. The van der Waals surface area contributed by atoms with Crippen LogP contribution in [0.4, 0.5) is 0 Å². The molecule has 0 unspecified atom stereocenters. The lowest BCUT2D eigenvalue weighted by atomic mass is 10.0. The molecule has 4 heteroatoms. The minimum atomic E-state index is -0.463.